The van der Waals surface area contributed by atoms with E-state index in [4.69, 9.17) is 0 Å². The van der Waals surface area contributed by atoms with Crippen LogP contribution in [0.3, 0.4) is 0 Å². The van der Waals surface area contributed by atoms with Crippen molar-refractivity contribution in [2.45, 2.75) is 32.4 Å². The van der Waals surface area contributed by atoms with Crippen LogP contribution in [-0.2, 0) is 0 Å². The molecule has 1 aliphatic heterocycles. The van der Waals surface area contributed by atoms with E-state index in [9.17, 15) is 5.11 Å². The highest BCUT2D eigenvalue weighted by Gasteiger charge is 2.31. The zero-order valence-electron chi connectivity index (χ0n) is 10.9. The first-order valence-corrected chi connectivity index (χ1v) is 6.20. The molecule has 3 nitrogen and oxygen atoms in total. The fourth-order valence-corrected chi connectivity index (χ4v) is 2.51. The molecule has 1 aromatic carbocycles. The summed E-state index contributed by atoms with van der Waals surface area (Å²) in [7, 11) is 0. The van der Waals surface area contributed by atoms with Crippen molar-refractivity contribution in [2.75, 3.05) is 24.6 Å². The summed E-state index contributed by atoms with van der Waals surface area (Å²) in [6, 6.07) is 8.74. The number of benzene rings is 1. The van der Waals surface area contributed by atoms with Gasteiger partial charge in [0, 0.05) is 30.4 Å². The SMILES string of the molecule is Cc1ccc(N2CC(CO)NC(C)(C)C2)cc1. The molecule has 17 heavy (non-hydrogen) atoms. The van der Waals surface area contributed by atoms with Crippen LogP contribution in [0.15, 0.2) is 24.3 Å². The molecule has 1 atom stereocenters. The number of anilines is 1. The third kappa shape index (κ3) is 2.99. The number of nitrogens with one attached hydrogen (secondary N) is 1. The fourth-order valence-electron chi connectivity index (χ4n) is 2.51. The van der Waals surface area contributed by atoms with Crippen LogP contribution in [-0.4, -0.2) is 36.4 Å². The number of piperazine rings is 1. The number of rotatable bonds is 2. The second kappa shape index (κ2) is 4.67. The Labute approximate surface area is 103 Å². The van der Waals surface area contributed by atoms with E-state index in [1.165, 1.54) is 11.3 Å². The smallest absolute Gasteiger partial charge is 0.0602 e. The molecule has 2 rings (SSSR count). The van der Waals surface area contributed by atoms with Crippen LogP contribution in [0.1, 0.15) is 19.4 Å². The Balaban J connectivity index is 2.17. The van der Waals surface area contributed by atoms with Crippen LogP contribution in [0, 0.1) is 6.92 Å². The summed E-state index contributed by atoms with van der Waals surface area (Å²) in [6.45, 7) is 8.47. The molecule has 1 saturated heterocycles. The number of aliphatic hydroxyl groups is 1. The van der Waals surface area contributed by atoms with Crippen LogP contribution < -0.4 is 10.2 Å². The van der Waals surface area contributed by atoms with Crippen molar-refractivity contribution < 1.29 is 5.11 Å². The Morgan fingerprint density at radius 1 is 1.35 bits per heavy atom. The first-order chi connectivity index (χ1) is 8.00. The van der Waals surface area contributed by atoms with Gasteiger partial charge in [-0.25, -0.2) is 0 Å². The Morgan fingerprint density at radius 2 is 2.00 bits per heavy atom. The van der Waals surface area contributed by atoms with Gasteiger partial charge in [-0.05, 0) is 32.9 Å². The largest absolute Gasteiger partial charge is 0.395 e. The maximum Gasteiger partial charge on any atom is 0.0602 e. The topological polar surface area (TPSA) is 35.5 Å². The highest BCUT2D eigenvalue weighted by molar-refractivity contribution is 5.48. The summed E-state index contributed by atoms with van der Waals surface area (Å²) in [5, 5.41) is 12.8. The Bertz CT molecular complexity index is 372. The van der Waals surface area contributed by atoms with Gasteiger partial charge in [-0.1, -0.05) is 17.7 Å². The second-order valence-electron chi connectivity index (χ2n) is 5.62. The van der Waals surface area contributed by atoms with Gasteiger partial charge in [0.1, 0.15) is 0 Å². The third-order valence-electron chi connectivity index (χ3n) is 3.24. The third-order valence-corrected chi connectivity index (χ3v) is 3.24. The van der Waals surface area contributed by atoms with E-state index in [2.05, 4.69) is 55.3 Å². The van der Waals surface area contributed by atoms with Gasteiger partial charge < -0.3 is 15.3 Å². The Kier molecular flexibility index (Phi) is 3.40. The predicted octanol–water partition coefficient (Wildman–Crippen LogP) is 1.54. The minimum atomic E-state index is 0.0382. The van der Waals surface area contributed by atoms with Crippen LogP contribution >= 0.6 is 0 Å². The standard InChI is InChI=1S/C14H22N2O/c1-11-4-6-13(7-5-11)16-8-12(9-17)15-14(2,3)10-16/h4-7,12,15,17H,8-10H2,1-3H3. The average Bonchev–Trinajstić information content (AvgIpc) is 2.27. The number of aliphatic hydroxyl groups excluding tert-OH is 1. The van der Waals surface area contributed by atoms with Crippen molar-refractivity contribution in [2.24, 2.45) is 0 Å². The molecule has 0 radical (unpaired) electrons. The van der Waals surface area contributed by atoms with Gasteiger partial charge in [-0.3, -0.25) is 0 Å². The lowest BCUT2D eigenvalue weighted by Crippen LogP contribution is -2.63. The molecule has 0 saturated carbocycles. The van der Waals surface area contributed by atoms with Gasteiger partial charge in [0.05, 0.1) is 6.61 Å². The van der Waals surface area contributed by atoms with Gasteiger partial charge >= 0.3 is 0 Å². The summed E-state index contributed by atoms with van der Waals surface area (Å²) in [4.78, 5) is 2.34. The lowest BCUT2D eigenvalue weighted by atomic mass is 9.98. The molecule has 1 fully saturated rings. The number of aryl methyl sites for hydroxylation is 1. The highest BCUT2D eigenvalue weighted by atomic mass is 16.3. The molecule has 1 heterocycles. The van der Waals surface area contributed by atoms with Crippen LogP contribution in [0.4, 0.5) is 5.69 Å². The summed E-state index contributed by atoms with van der Waals surface area (Å²) < 4.78 is 0. The number of hydrogen-bond donors (Lipinski definition) is 2. The molecule has 1 unspecified atom stereocenters. The normalized spacial score (nSPS) is 23.8. The predicted molar refractivity (Wildman–Crippen MR) is 71.5 cm³/mol. The molecule has 0 aromatic heterocycles. The number of nitrogens with zero attached hydrogens (tertiary/aromatic N) is 1. The molecule has 1 aliphatic rings. The first kappa shape index (κ1) is 12.4. The van der Waals surface area contributed by atoms with E-state index < -0.39 is 0 Å². The zero-order valence-corrected chi connectivity index (χ0v) is 10.9. The van der Waals surface area contributed by atoms with Crippen molar-refractivity contribution in [3.8, 4) is 0 Å². The summed E-state index contributed by atoms with van der Waals surface area (Å²) in [5.74, 6) is 0. The Morgan fingerprint density at radius 3 is 2.59 bits per heavy atom. The quantitative estimate of drug-likeness (QED) is 0.815. The van der Waals surface area contributed by atoms with E-state index in [1.807, 2.05) is 0 Å². The lowest BCUT2D eigenvalue weighted by molar-refractivity contribution is 0.191. The minimum absolute atomic E-state index is 0.0382. The van der Waals surface area contributed by atoms with Crippen molar-refractivity contribution in [3.05, 3.63) is 29.8 Å². The van der Waals surface area contributed by atoms with Crippen LogP contribution in [0.5, 0.6) is 0 Å². The number of hydrogen-bond acceptors (Lipinski definition) is 3. The first-order valence-electron chi connectivity index (χ1n) is 6.20. The van der Waals surface area contributed by atoms with Crippen molar-refractivity contribution in [1.82, 2.24) is 5.32 Å². The molecular weight excluding hydrogens is 212 g/mol. The summed E-state index contributed by atoms with van der Waals surface area (Å²) in [6.07, 6.45) is 0. The summed E-state index contributed by atoms with van der Waals surface area (Å²) in [5.41, 5.74) is 2.56. The van der Waals surface area contributed by atoms with E-state index in [-0.39, 0.29) is 18.2 Å². The van der Waals surface area contributed by atoms with Crippen LogP contribution in [0.2, 0.25) is 0 Å². The molecule has 0 bridgehead atoms. The molecule has 94 valence electrons. The van der Waals surface area contributed by atoms with Gasteiger partial charge in [0.2, 0.25) is 0 Å². The molecule has 0 aliphatic carbocycles. The maximum absolute atomic E-state index is 9.34. The zero-order chi connectivity index (χ0) is 12.5. The van der Waals surface area contributed by atoms with Gasteiger partial charge in [0.15, 0.2) is 0 Å². The van der Waals surface area contributed by atoms with Crippen molar-refractivity contribution >= 4 is 5.69 Å². The fraction of sp³-hybridized carbons (Fsp3) is 0.571. The highest BCUT2D eigenvalue weighted by Crippen LogP contribution is 2.22. The molecule has 1 aromatic rings. The molecular formula is C14H22N2O. The van der Waals surface area contributed by atoms with Gasteiger partial charge in [-0.15, -0.1) is 0 Å². The van der Waals surface area contributed by atoms with E-state index in [1.54, 1.807) is 0 Å². The van der Waals surface area contributed by atoms with E-state index >= 15 is 0 Å². The van der Waals surface area contributed by atoms with Gasteiger partial charge in [0.25, 0.3) is 0 Å². The average molecular weight is 234 g/mol. The summed E-state index contributed by atoms with van der Waals surface area (Å²) >= 11 is 0. The Hall–Kier alpha value is -1.06. The monoisotopic (exact) mass is 234 g/mol. The molecule has 0 spiro atoms. The molecule has 0 amide bonds. The van der Waals surface area contributed by atoms with E-state index in [0.29, 0.717) is 0 Å². The van der Waals surface area contributed by atoms with Crippen molar-refractivity contribution in [3.63, 3.8) is 0 Å². The minimum Gasteiger partial charge on any atom is -0.395 e. The molecule has 2 N–H and O–H groups in total. The second-order valence-corrected chi connectivity index (χ2v) is 5.62. The molecule has 3 heteroatoms. The van der Waals surface area contributed by atoms with E-state index in [0.717, 1.165) is 13.1 Å². The lowest BCUT2D eigenvalue weighted by Gasteiger charge is -2.44. The van der Waals surface area contributed by atoms with Crippen molar-refractivity contribution in [1.29, 1.82) is 0 Å². The van der Waals surface area contributed by atoms with Crippen LogP contribution in [0.25, 0.3) is 0 Å². The van der Waals surface area contributed by atoms with Gasteiger partial charge in [-0.2, -0.15) is 0 Å². The maximum atomic E-state index is 9.34.